The summed E-state index contributed by atoms with van der Waals surface area (Å²) in [6.07, 6.45) is 1.55. The molecule has 0 bridgehead atoms. The molecule has 3 nitrogen and oxygen atoms in total. The van der Waals surface area contributed by atoms with Crippen LogP contribution >= 0.6 is 11.6 Å². The van der Waals surface area contributed by atoms with Crippen molar-refractivity contribution in [3.05, 3.63) is 35.2 Å². The number of benzene rings is 1. The molecule has 2 aromatic rings. The number of anilines is 1. The van der Waals surface area contributed by atoms with Crippen molar-refractivity contribution in [3.8, 4) is 11.3 Å². The molecule has 0 amide bonds. The number of hydrogen-bond acceptors (Lipinski definition) is 2. The molecule has 0 saturated heterocycles. The molecule has 1 heterocycles. The average molecular weight is 226 g/mol. The van der Waals surface area contributed by atoms with Crippen LogP contribution < -0.4 is 5.73 Å². The highest BCUT2D eigenvalue weighted by Crippen LogP contribution is 2.28. The molecule has 0 spiro atoms. The smallest absolute Gasteiger partial charge is 0.141 e. The number of aryl methyl sites for hydroxylation is 1. The minimum atomic E-state index is -0.443. The Morgan fingerprint density at radius 2 is 2.20 bits per heavy atom. The molecule has 0 atom stereocenters. The van der Waals surface area contributed by atoms with Gasteiger partial charge in [0.05, 0.1) is 22.6 Å². The summed E-state index contributed by atoms with van der Waals surface area (Å²) in [5, 5.41) is 4.08. The van der Waals surface area contributed by atoms with E-state index in [9.17, 15) is 4.39 Å². The van der Waals surface area contributed by atoms with E-state index in [1.807, 2.05) is 0 Å². The first-order valence-corrected chi connectivity index (χ1v) is 4.70. The zero-order chi connectivity index (χ0) is 11.0. The maximum atomic E-state index is 13.0. The summed E-state index contributed by atoms with van der Waals surface area (Å²) in [7, 11) is 1.77. The summed E-state index contributed by atoms with van der Waals surface area (Å²) in [4.78, 5) is 0. The number of nitrogens with zero attached hydrogens (tertiary/aromatic N) is 2. The van der Waals surface area contributed by atoms with Gasteiger partial charge in [0.2, 0.25) is 0 Å². The second kappa shape index (κ2) is 3.55. The summed E-state index contributed by atoms with van der Waals surface area (Å²) >= 11 is 5.69. The normalized spacial score (nSPS) is 10.6. The van der Waals surface area contributed by atoms with E-state index in [1.54, 1.807) is 24.0 Å². The van der Waals surface area contributed by atoms with Crippen molar-refractivity contribution in [3.63, 3.8) is 0 Å². The molecular weight excluding hydrogens is 217 g/mol. The predicted octanol–water partition coefficient (Wildman–Crippen LogP) is 2.46. The molecule has 1 aromatic heterocycles. The van der Waals surface area contributed by atoms with Crippen molar-refractivity contribution in [1.29, 1.82) is 0 Å². The molecule has 0 radical (unpaired) electrons. The monoisotopic (exact) mass is 225 g/mol. The predicted molar refractivity (Wildman–Crippen MR) is 58.0 cm³/mol. The molecule has 0 aliphatic carbocycles. The van der Waals surface area contributed by atoms with Crippen LogP contribution in [0.15, 0.2) is 24.4 Å². The molecule has 5 heteroatoms. The van der Waals surface area contributed by atoms with Crippen LogP contribution in [0.5, 0.6) is 0 Å². The van der Waals surface area contributed by atoms with Crippen molar-refractivity contribution in [2.24, 2.45) is 7.05 Å². The van der Waals surface area contributed by atoms with E-state index < -0.39 is 5.82 Å². The SMILES string of the molecule is Cn1ncc(N)c1-c1ccc(F)c(Cl)c1. The molecule has 78 valence electrons. The summed E-state index contributed by atoms with van der Waals surface area (Å²) in [6.45, 7) is 0. The van der Waals surface area contributed by atoms with Gasteiger partial charge >= 0.3 is 0 Å². The Hall–Kier alpha value is -1.55. The van der Waals surface area contributed by atoms with Gasteiger partial charge in [0.1, 0.15) is 5.82 Å². The number of halogens is 2. The van der Waals surface area contributed by atoms with Crippen LogP contribution in [-0.2, 0) is 7.05 Å². The highest BCUT2D eigenvalue weighted by Gasteiger charge is 2.10. The van der Waals surface area contributed by atoms with Crippen molar-refractivity contribution in [2.45, 2.75) is 0 Å². The molecule has 0 fully saturated rings. The van der Waals surface area contributed by atoms with E-state index in [4.69, 9.17) is 17.3 Å². The summed E-state index contributed by atoms with van der Waals surface area (Å²) in [6, 6.07) is 4.46. The molecule has 15 heavy (non-hydrogen) atoms. The lowest BCUT2D eigenvalue weighted by atomic mass is 10.1. The summed E-state index contributed by atoms with van der Waals surface area (Å²) in [5.41, 5.74) is 7.77. The van der Waals surface area contributed by atoms with Crippen LogP contribution in [0, 0.1) is 5.82 Å². The first-order chi connectivity index (χ1) is 7.09. The Kier molecular flexibility index (Phi) is 2.36. The highest BCUT2D eigenvalue weighted by molar-refractivity contribution is 6.31. The number of aromatic nitrogens is 2. The van der Waals surface area contributed by atoms with Crippen LogP contribution in [0.1, 0.15) is 0 Å². The third-order valence-electron chi connectivity index (χ3n) is 2.16. The highest BCUT2D eigenvalue weighted by atomic mass is 35.5. The first kappa shape index (κ1) is 9.98. The standard InChI is InChI=1S/C10H9ClFN3/c1-15-10(9(13)5-14-15)6-2-3-8(12)7(11)4-6/h2-5H,13H2,1H3. The lowest BCUT2D eigenvalue weighted by Gasteiger charge is -2.04. The van der Waals surface area contributed by atoms with E-state index in [2.05, 4.69) is 5.10 Å². The second-order valence-electron chi connectivity index (χ2n) is 3.20. The summed E-state index contributed by atoms with van der Waals surface area (Å²) < 4.78 is 14.6. The van der Waals surface area contributed by atoms with Gasteiger partial charge in [-0.2, -0.15) is 5.10 Å². The van der Waals surface area contributed by atoms with Crippen LogP contribution in [-0.4, -0.2) is 9.78 Å². The number of nitrogens with two attached hydrogens (primary N) is 1. The molecule has 2 N–H and O–H groups in total. The van der Waals surface area contributed by atoms with Gasteiger partial charge in [-0.3, -0.25) is 4.68 Å². The summed E-state index contributed by atoms with van der Waals surface area (Å²) in [5.74, 6) is -0.443. The first-order valence-electron chi connectivity index (χ1n) is 4.32. The minimum absolute atomic E-state index is 0.0769. The molecule has 2 rings (SSSR count). The lowest BCUT2D eigenvalue weighted by molar-refractivity contribution is 0.628. The van der Waals surface area contributed by atoms with Crippen molar-refractivity contribution < 1.29 is 4.39 Å². The van der Waals surface area contributed by atoms with E-state index in [1.165, 1.54) is 12.1 Å². The Bertz CT molecular complexity index is 488. The molecule has 1 aromatic carbocycles. The number of hydrogen-bond donors (Lipinski definition) is 1. The van der Waals surface area contributed by atoms with Gasteiger partial charge in [-0.25, -0.2) is 4.39 Å². The molecule has 0 unspecified atom stereocenters. The van der Waals surface area contributed by atoms with Gasteiger partial charge in [-0.1, -0.05) is 11.6 Å². The molecule has 0 aliphatic rings. The number of rotatable bonds is 1. The maximum absolute atomic E-state index is 13.0. The van der Waals surface area contributed by atoms with Gasteiger partial charge in [-0.15, -0.1) is 0 Å². The third kappa shape index (κ3) is 1.68. The Labute approximate surface area is 91.3 Å². The van der Waals surface area contributed by atoms with Gasteiger partial charge in [-0.05, 0) is 18.2 Å². The Balaban J connectivity index is 2.59. The minimum Gasteiger partial charge on any atom is -0.396 e. The second-order valence-corrected chi connectivity index (χ2v) is 3.61. The fourth-order valence-electron chi connectivity index (χ4n) is 1.45. The Morgan fingerprint density at radius 3 is 2.73 bits per heavy atom. The molecular formula is C10H9ClFN3. The Morgan fingerprint density at radius 1 is 1.47 bits per heavy atom. The third-order valence-corrected chi connectivity index (χ3v) is 2.45. The van der Waals surface area contributed by atoms with Gasteiger partial charge in [0.25, 0.3) is 0 Å². The molecule has 0 saturated carbocycles. The van der Waals surface area contributed by atoms with Gasteiger partial charge < -0.3 is 5.73 Å². The largest absolute Gasteiger partial charge is 0.396 e. The van der Waals surface area contributed by atoms with Crippen molar-refractivity contribution in [1.82, 2.24) is 9.78 Å². The number of nitrogen functional groups attached to an aromatic ring is 1. The van der Waals surface area contributed by atoms with Gasteiger partial charge in [0, 0.05) is 12.6 Å². The van der Waals surface area contributed by atoms with Crippen molar-refractivity contribution in [2.75, 3.05) is 5.73 Å². The zero-order valence-corrected chi connectivity index (χ0v) is 8.79. The van der Waals surface area contributed by atoms with E-state index >= 15 is 0 Å². The molecule has 0 aliphatic heterocycles. The zero-order valence-electron chi connectivity index (χ0n) is 8.04. The van der Waals surface area contributed by atoms with Crippen LogP contribution in [0.2, 0.25) is 5.02 Å². The topological polar surface area (TPSA) is 43.8 Å². The van der Waals surface area contributed by atoms with Crippen LogP contribution in [0.3, 0.4) is 0 Å². The van der Waals surface area contributed by atoms with E-state index in [0.717, 1.165) is 11.3 Å². The van der Waals surface area contributed by atoms with Crippen LogP contribution in [0.25, 0.3) is 11.3 Å². The van der Waals surface area contributed by atoms with Gasteiger partial charge in [0.15, 0.2) is 0 Å². The van der Waals surface area contributed by atoms with Crippen LogP contribution in [0.4, 0.5) is 10.1 Å². The maximum Gasteiger partial charge on any atom is 0.141 e. The lowest BCUT2D eigenvalue weighted by Crippen LogP contribution is -1.96. The fourth-order valence-corrected chi connectivity index (χ4v) is 1.63. The van der Waals surface area contributed by atoms with E-state index in [-0.39, 0.29) is 5.02 Å². The fraction of sp³-hybridized carbons (Fsp3) is 0.100. The average Bonchev–Trinajstić information content (AvgIpc) is 2.52. The van der Waals surface area contributed by atoms with Crippen molar-refractivity contribution >= 4 is 17.3 Å². The quantitative estimate of drug-likeness (QED) is 0.810. The van der Waals surface area contributed by atoms with E-state index in [0.29, 0.717) is 5.69 Å².